The molecule has 1 aliphatic carbocycles. The Hall–Kier alpha value is -1.97. The van der Waals surface area contributed by atoms with E-state index in [1.165, 1.54) is 5.56 Å². The zero-order valence-electron chi connectivity index (χ0n) is 9.72. The van der Waals surface area contributed by atoms with Crippen LogP contribution in [0.3, 0.4) is 0 Å². The first kappa shape index (κ1) is 10.2. The van der Waals surface area contributed by atoms with E-state index >= 15 is 0 Å². The van der Waals surface area contributed by atoms with Crippen LogP contribution < -0.4 is 5.32 Å². The van der Waals surface area contributed by atoms with Gasteiger partial charge in [0.1, 0.15) is 5.82 Å². The minimum Gasteiger partial charge on any atom is -0.372 e. The molecule has 0 aliphatic heterocycles. The van der Waals surface area contributed by atoms with Crippen LogP contribution in [0.25, 0.3) is 0 Å². The van der Waals surface area contributed by atoms with E-state index < -0.39 is 0 Å². The van der Waals surface area contributed by atoms with Crippen LogP contribution in [-0.2, 0) is 6.42 Å². The third-order valence-corrected chi connectivity index (χ3v) is 3.25. The number of aromatic nitrogens is 3. The Morgan fingerprint density at radius 3 is 2.82 bits per heavy atom. The number of anilines is 1. The van der Waals surface area contributed by atoms with Gasteiger partial charge in [0.2, 0.25) is 0 Å². The molecule has 0 saturated carbocycles. The predicted molar refractivity (Wildman–Crippen MR) is 66.0 cm³/mol. The van der Waals surface area contributed by atoms with Crippen molar-refractivity contribution in [2.24, 2.45) is 0 Å². The predicted octanol–water partition coefficient (Wildman–Crippen LogP) is 1.99. The van der Waals surface area contributed by atoms with Crippen molar-refractivity contribution in [2.45, 2.75) is 18.8 Å². The molecule has 4 nitrogen and oxygen atoms in total. The molecule has 1 aliphatic rings. The molecular weight excluding hydrogens is 212 g/mol. The first-order valence-electron chi connectivity index (χ1n) is 5.82. The molecule has 3 rings (SSSR count). The van der Waals surface area contributed by atoms with E-state index in [0.29, 0.717) is 0 Å². The number of nitrogens with zero attached hydrogens (tertiary/aromatic N) is 3. The van der Waals surface area contributed by atoms with Crippen molar-refractivity contribution in [2.75, 3.05) is 12.4 Å². The molecule has 2 aromatic heterocycles. The van der Waals surface area contributed by atoms with Crippen LogP contribution in [0.4, 0.5) is 5.82 Å². The second-order valence-electron chi connectivity index (χ2n) is 4.18. The van der Waals surface area contributed by atoms with Gasteiger partial charge >= 0.3 is 0 Å². The van der Waals surface area contributed by atoms with Crippen LogP contribution in [-0.4, -0.2) is 22.0 Å². The van der Waals surface area contributed by atoms with Gasteiger partial charge in [0.25, 0.3) is 0 Å². The van der Waals surface area contributed by atoms with Crippen LogP contribution >= 0.6 is 0 Å². The molecule has 0 aromatic carbocycles. The van der Waals surface area contributed by atoms with Crippen molar-refractivity contribution in [3.05, 3.63) is 47.7 Å². The van der Waals surface area contributed by atoms with Gasteiger partial charge in [-0.1, -0.05) is 6.07 Å². The summed E-state index contributed by atoms with van der Waals surface area (Å²) < 4.78 is 0. The molecule has 1 unspecified atom stereocenters. The maximum atomic E-state index is 4.50. The Morgan fingerprint density at radius 2 is 1.94 bits per heavy atom. The van der Waals surface area contributed by atoms with Gasteiger partial charge in [-0.15, -0.1) is 0 Å². The highest BCUT2D eigenvalue weighted by molar-refractivity contribution is 5.46. The van der Waals surface area contributed by atoms with E-state index in [9.17, 15) is 0 Å². The molecule has 4 heteroatoms. The average molecular weight is 226 g/mol. The fourth-order valence-corrected chi connectivity index (χ4v) is 2.48. The highest BCUT2D eigenvalue weighted by atomic mass is 15.0. The van der Waals surface area contributed by atoms with Crippen molar-refractivity contribution >= 4 is 5.82 Å². The van der Waals surface area contributed by atoms with Gasteiger partial charge < -0.3 is 5.32 Å². The topological polar surface area (TPSA) is 50.7 Å². The number of rotatable bonds is 2. The van der Waals surface area contributed by atoms with E-state index in [1.807, 2.05) is 19.3 Å². The fourth-order valence-electron chi connectivity index (χ4n) is 2.48. The lowest BCUT2D eigenvalue weighted by Crippen LogP contribution is -2.07. The van der Waals surface area contributed by atoms with Gasteiger partial charge in [0.15, 0.2) is 0 Å². The van der Waals surface area contributed by atoms with Gasteiger partial charge in [-0.05, 0) is 24.5 Å². The number of nitrogens with one attached hydrogen (secondary N) is 1. The molecule has 0 fully saturated rings. The second kappa shape index (κ2) is 4.13. The first-order chi connectivity index (χ1) is 8.40. The van der Waals surface area contributed by atoms with Crippen molar-refractivity contribution < 1.29 is 0 Å². The van der Waals surface area contributed by atoms with Gasteiger partial charge in [0, 0.05) is 31.6 Å². The SMILES string of the molecule is CNc1nccnc1C1CCc2cccnc21. The molecule has 86 valence electrons. The molecule has 1 atom stereocenters. The average Bonchev–Trinajstić information content (AvgIpc) is 2.82. The van der Waals surface area contributed by atoms with Crippen LogP contribution in [0.2, 0.25) is 0 Å². The van der Waals surface area contributed by atoms with E-state index in [0.717, 1.165) is 30.0 Å². The zero-order valence-corrected chi connectivity index (χ0v) is 9.72. The Labute approximate surface area is 100 Å². The first-order valence-corrected chi connectivity index (χ1v) is 5.82. The largest absolute Gasteiger partial charge is 0.372 e. The molecule has 17 heavy (non-hydrogen) atoms. The third-order valence-electron chi connectivity index (χ3n) is 3.25. The number of pyridine rings is 1. The standard InChI is InChI=1S/C13H14N4/c1-14-13-12(16-7-8-17-13)10-5-4-9-3-2-6-15-11(9)10/h2-3,6-8,10H,4-5H2,1H3,(H,14,17). The molecule has 0 saturated heterocycles. The minimum atomic E-state index is 0.280. The monoisotopic (exact) mass is 226 g/mol. The summed E-state index contributed by atoms with van der Waals surface area (Å²) in [4.78, 5) is 13.3. The molecule has 0 amide bonds. The quantitative estimate of drug-likeness (QED) is 0.850. The van der Waals surface area contributed by atoms with Crippen LogP contribution in [0.15, 0.2) is 30.7 Å². The zero-order chi connectivity index (χ0) is 11.7. The second-order valence-corrected chi connectivity index (χ2v) is 4.18. The summed E-state index contributed by atoms with van der Waals surface area (Å²) in [6.45, 7) is 0. The lowest BCUT2D eigenvalue weighted by Gasteiger charge is -2.13. The lowest BCUT2D eigenvalue weighted by atomic mass is 10.0. The van der Waals surface area contributed by atoms with E-state index in [-0.39, 0.29) is 5.92 Å². The van der Waals surface area contributed by atoms with Gasteiger partial charge in [0.05, 0.1) is 11.4 Å². The van der Waals surface area contributed by atoms with E-state index in [4.69, 9.17) is 0 Å². The minimum absolute atomic E-state index is 0.280. The summed E-state index contributed by atoms with van der Waals surface area (Å²) in [5.41, 5.74) is 3.50. The third kappa shape index (κ3) is 1.65. The van der Waals surface area contributed by atoms with Gasteiger partial charge in [-0.3, -0.25) is 9.97 Å². The molecular formula is C13H14N4. The molecule has 2 aromatic rings. The van der Waals surface area contributed by atoms with Gasteiger partial charge in [-0.25, -0.2) is 4.98 Å². The van der Waals surface area contributed by atoms with Crippen molar-refractivity contribution in [1.82, 2.24) is 15.0 Å². The molecule has 0 bridgehead atoms. The van der Waals surface area contributed by atoms with Crippen molar-refractivity contribution in [1.29, 1.82) is 0 Å². The summed E-state index contributed by atoms with van der Waals surface area (Å²) in [6.07, 6.45) is 7.46. The smallest absolute Gasteiger partial charge is 0.148 e. The Balaban J connectivity index is 2.07. The molecule has 0 radical (unpaired) electrons. The Kier molecular flexibility index (Phi) is 2.48. The maximum Gasteiger partial charge on any atom is 0.148 e. The summed E-state index contributed by atoms with van der Waals surface area (Å²) in [5, 5.41) is 3.10. The normalized spacial score (nSPS) is 17.8. The highest BCUT2D eigenvalue weighted by Crippen LogP contribution is 2.37. The highest BCUT2D eigenvalue weighted by Gasteiger charge is 2.28. The van der Waals surface area contributed by atoms with Crippen LogP contribution in [0.5, 0.6) is 0 Å². The Morgan fingerprint density at radius 1 is 1.12 bits per heavy atom. The fraction of sp³-hybridized carbons (Fsp3) is 0.308. The summed E-state index contributed by atoms with van der Waals surface area (Å²) >= 11 is 0. The lowest BCUT2D eigenvalue weighted by molar-refractivity contribution is 0.742. The van der Waals surface area contributed by atoms with Gasteiger partial charge in [-0.2, -0.15) is 0 Å². The molecule has 2 heterocycles. The molecule has 0 spiro atoms. The van der Waals surface area contributed by atoms with Crippen molar-refractivity contribution in [3.8, 4) is 0 Å². The van der Waals surface area contributed by atoms with E-state index in [2.05, 4.69) is 26.3 Å². The number of fused-ring (bicyclic) bond motifs is 1. The Bertz CT molecular complexity index is 538. The summed E-state index contributed by atoms with van der Waals surface area (Å²) in [7, 11) is 1.88. The van der Waals surface area contributed by atoms with E-state index in [1.54, 1.807) is 12.4 Å². The number of hydrogen-bond donors (Lipinski definition) is 1. The van der Waals surface area contributed by atoms with Crippen LogP contribution in [0.1, 0.15) is 29.3 Å². The number of aryl methyl sites for hydroxylation is 1. The number of hydrogen-bond acceptors (Lipinski definition) is 4. The summed E-state index contributed by atoms with van der Waals surface area (Å²) in [6, 6.07) is 4.15. The van der Waals surface area contributed by atoms with Crippen molar-refractivity contribution in [3.63, 3.8) is 0 Å². The van der Waals surface area contributed by atoms with Crippen LogP contribution in [0, 0.1) is 0 Å². The maximum absolute atomic E-state index is 4.50. The molecule has 1 N–H and O–H groups in total. The summed E-state index contributed by atoms with van der Waals surface area (Å²) in [5.74, 6) is 1.14.